The van der Waals surface area contributed by atoms with Gasteiger partial charge in [-0.2, -0.15) is 0 Å². The van der Waals surface area contributed by atoms with Gasteiger partial charge in [0.2, 0.25) is 5.91 Å². The van der Waals surface area contributed by atoms with Crippen molar-refractivity contribution in [3.8, 4) is 0 Å². The van der Waals surface area contributed by atoms with Gasteiger partial charge in [-0.1, -0.05) is 48.0 Å². The highest BCUT2D eigenvalue weighted by Gasteiger charge is 2.28. The minimum absolute atomic E-state index is 0.148. The SMILES string of the molecule is Cc1cccc(CC(=O)N(C)C2CCN(CCNC(=O)Nc3cc(C)nc4ccccc34)C2)c1. The summed E-state index contributed by atoms with van der Waals surface area (Å²) in [6.45, 7) is 7.00. The van der Waals surface area contributed by atoms with E-state index in [-0.39, 0.29) is 18.0 Å². The Morgan fingerprint density at radius 3 is 2.76 bits per heavy atom. The van der Waals surface area contributed by atoms with E-state index in [0.29, 0.717) is 13.0 Å². The number of hydrogen-bond acceptors (Lipinski definition) is 4. The number of aryl methyl sites for hydroxylation is 2. The number of amides is 3. The Balaban J connectivity index is 1.22. The van der Waals surface area contributed by atoms with Crippen LogP contribution in [0.3, 0.4) is 0 Å². The van der Waals surface area contributed by atoms with Crippen molar-refractivity contribution in [3.63, 3.8) is 0 Å². The van der Waals surface area contributed by atoms with Gasteiger partial charge in [-0.15, -0.1) is 0 Å². The highest BCUT2D eigenvalue weighted by Crippen LogP contribution is 2.22. The molecule has 3 aromatic rings. The smallest absolute Gasteiger partial charge is 0.319 e. The Labute approximate surface area is 201 Å². The summed E-state index contributed by atoms with van der Waals surface area (Å²) in [7, 11) is 1.90. The molecule has 1 aliphatic heterocycles. The largest absolute Gasteiger partial charge is 0.341 e. The predicted molar refractivity (Wildman–Crippen MR) is 136 cm³/mol. The second-order valence-electron chi connectivity index (χ2n) is 9.12. The first kappa shape index (κ1) is 23.7. The van der Waals surface area contributed by atoms with Crippen LogP contribution in [0.2, 0.25) is 0 Å². The summed E-state index contributed by atoms with van der Waals surface area (Å²) in [5.41, 5.74) is 4.71. The number of likely N-dealkylation sites (N-methyl/N-ethyl adjacent to an activating group) is 1. The molecular weight excluding hydrogens is 426 g/mol. The molecule has 0 saturated carbocycles. The van der Waals surface area contributed by atoms with Gasteiger partial charge < -0.3 is 15.5 Å². The molecule has 2 aromatic carbocycles. The van der Waals surface area contributed by atoms with Crippen molar-refractivity contribution in [1.29, 1.82) is 0 Å². The normalized spacial score (nSPS) is 15.9. The van der Waals surface area contributed by atoms with Crippen molar-refractivity contribution in [2.45, 2.75) is 32.7 Å². The molecule has 2 N–H and O–H groups in total. The number of carbonyl (C=O) groups is 2. The average Bonchev–Trinajstić information content (AvgIpc) is 3.27. The maximum Gasteiger partial charge on any atom is 0.319 e. The molecule has 0 radical (unpaired) electrons. The first-order chi connectivity index (χ1) is 16.4. The van der Waals surface area contributed by atoms with Gasteiger partial charge in [0.1, 0.15) is 0 Å². The van der Waals surface area contributed by atoms with E-state index in [9.17, 15) is 9.59 Å². The monoisotopic (exact) mass is 459 g/mol. The van der Waals surface area contributed by atoms with Gasteiger partial charge in [-0.3, -0.25) is 14.7 Å². The number of nitrogens with one attached hydrogen (secondary N) is 2. The van der Waals surface area contributed by atoms with E-state index >= 15 is 0 Å². The molecule has 34 heavy (non-hydrogen) atoms. The molecule has 1 aliphatic rings. The molecule has 1 atom stereocenters. The number of nitrogens with zero attached hydrogens (tertiary/aromatic N) is 3. The molecule has 1 fully saturated rings. The number of benzene rings is 2. The zero-order valence-electron chi connectivity index (χ0n) is 20.2. The number of aromatic nitrogens is 1. The van der Waals surface area contributed by atoms with Crippen LogP contribution in [0.1, 0.15) is 23.2 Å². The molecule has 1 saturated heterocycles. The minimum atomic E-state index is -0.225. The lowest BCUT2D eigenvalue weighted by Crippen LogP contribution is -2.41. The predicted octanol–water partition coefficient (Wildman–Crippen LogP) is 3.75. The summed E-state index contributed by atoms with van der Waals surface area (Å²) in [5, 5.41) is 6.83. The van der Waals surface area contributed by atoms with Gasteiger partial charge in [-0.25, -0.2) is 4.79 Å². The van der Waals surface area contributed by atoms with Crippen LogP contribution in [0.5, 0.6) is 0 Å². The topological polar surface area (TPSA) is 77.6 Å². The van der Waals surface area contributed by atoms with Crippen LogP contribution >= 0.6 is 0 Å². The molecule has 4 rings (SSSR count). The number of likely N-dealkylation sites (tertiary alicyclic amines) is 1. The Morgan fingerprint density at radius 2 is 1.94 bits per heavy atom. The number of carbonyl (C=O) groups excluding carboxylic acids is 2. The third-order valence-corrected chi connectivity index (χ3v) is 6.43. The fourth-order valence-electron chi connectivity index (χ4n) is 4.56. The van der Waals surface area contributed by atoms with E-state index < -0.39 is 0 Å². The number of fused-ring (bicyclic) bond motifs is 1. The lowest BCUT2D eigenvalue weighted by molar-refractivity contribution is -0.131. The summed E-state index contributed by atoms with van der Waals surface area (Å²) >= 11 is 0. The second kappa shape index (κ2) is 10.7. The summed E-state index contributed by atoms with van der Waals surface area (Å²) in [5.74, 6) is 0.148. The lowest BCUT2D eigenvalue weighted by atomic mass is 10.1. The zero-order chi connectivity index (χ0) is 24.1. The minimum Gasteiger partial charge on any atom is -0.341 e. The Hall–Kier alpha value is -3.45. The van der Waals surface area contributed by atoms with Gasteiger partial charge in [-0.05, 0) is 38.0 Å². The Kier molecular flexibility index (Phi) is 7.43. The van der Waals surface area contributed by atoms with Crippen LogP contribution in [0.15, 0.2) is 54.6 Å². The van der Waals surface area contributed by atoms with Gasteiger partial charge in [0.05, 0.1) is 17.6 Å². The molecule has 7 nitrogen and oxygen atoms in total. The fraction of sp³-hybridized carbons (Fsp3) is 0.370. The van der Waals surface area contributed by atoms with Crippen molar-refractivity contribution < 1.29 is 9.59 Å². The summed E-state index contributed by atoms with van der Waals surface area (Å²) < 4.78 is 0. The molecule has 0 aliphatic carbocycles. The van der Waals surface area contributed by atoms with Crippen LogP contribution < -0.4 is 10.6 Å². The van der Waals surface area contributed by atoms with Crippen molar-refractivity contribution in [2.24, 2.45) is 0 Å². The van der Waals surface area contributed by atoms with E-state index in [2.05, 4.69) is 26.6 Å². The van der Waals surface area contributed by atoms with Crippen molar-refractivity contribution in [1.82, 2.24) is 20.1 Å². The first-order valence-electron chi connectivity index (χ1n) is 11.8. The molecular formula is C27H33N5O2. The van der Waals surface area contributed by atoms with Crippen molar-refractivity contribution in [3.05, 3.63) is 71.4 Å². The highest BCUT2D eigenvalue weighted by molar-refractivity contribution is 6.00. The standard InChI is InChI=1S/C27H33N5O2/c1-19-7-6-8-21(15-19)17-26(33)31(3)22-11-13-32(18-22)14-12-28-27(34)30-25-16-20(2)29-24-10-5-4-9-23(24)25/h4-10,15-16,22H,11-14,17-18H2,1-3H3,(H2,28,29,30,34). The molecule has 0 bridgehead atoms. The Bertz CT molecular complexity index is 1180. The molecule has 7 heteroatoms. The van der Waals surface area contributed by atoms with E-state index in [4.69, 9.17) is 0 Å². The second-order valence-corrected chi connectivity index (χ2v) is 9.12. The van der Waals surface area contributed by atoms with Crippen LogP contribution in [0.4, 0.5) is 10.5 Å². The Morgan fingerprint density at radius 1 is 1.12 bits per heavy atom. The molecule has 3 amide bonds. The van der Waals surface area contributed by atoms with Crippen LogP contribution in [-0.2, 0) is 11.2 Å². The number of anilines is 1. The number of para-hydroxylation sites is 1. The van der Waals surface area contributed by atoms with Gasteiger partial charge in [0.15, 0.2) is 0 Å². The van der Waals surface area contributed by atoms with Gasteiger partial charge in [0, 0.05) is 50.3 Å². The van der Waals surface area contributed by atoms with Gasteiger partial charge >= 0.3 is 6.03 Å². The molecule has 178 valence electrons. The zero-order valence-corrected chi connectivity index (χ0v) is 20.2. The summed E-state index contributed by atoms with van der Waals surface area (Å²) in [4.78, 5) is 33.9. The van der Waals surface area contributed by atoms with E-state index in [1.807, 2.05) is 74.3 Å². The van der Waals surface area contributed by atoms with E-state index in [0.717, 1.165) is 53.9 Å². The number of pyridine rings is 1. The first-order valence-corrected chi connectivity index (χ1v) is 11.8. The third-order valence-electron chi connectivity index (χ3n) is 6.43. The van der Waals surface area contributed by atoms with Crippen molar-refractivity contribution in [2.75, 3.05) is 38.5 Å². The maximum atomic E-state index is 12.7. The lowest BCUT2D eigenvalue weighted by Gasteiger charge is -2.25. The van der Waals surface area contributed by atoms with Crippen molar-refractivity contribution >= 4 is 28.5 Å². The molecule has 2 heterocycles. The summed E-state index contributed by atoms with van der Waals surface area (Å²) in [6, 6.07) is 17.8. The molecule has 1 unspecified atom stereocenters. The van der Waals surface area contributed by atoms with Crippen LogP contribution in [-0.4, -0.2) is 66.0 Å². The quantitative estimate of drug-likeness (QED) is 0.564. The van der Waals surface area contributed by atoms with Crippen LogP contribution in [0.25, 0.3) is 10.9 Å². The summed E-state index contributed by atoms with van der Waals surface area (Å²) in [6.07, 6.45) is 1.38. The molecule has 0 spiro atoms. The van der Waals surface area contributed by atoms with Crippen LogP contribution in [0, 0.1) is 13.8 Å². The highest BCUT2D eigenvalue weighted by atomic mass is 16.2. The number of hydrogen-bond donors (Lipinski definition) is 2. The van der Waals surface area contributed by atoms with E-state index in [1.165, 1.54) is 5.56 Å². The third kappa shape index (κ3) is 5.91. The van der Waals surface area contributed by atoms with Gasteiger partial charge in [0.25, 0.3) is 0 Å². The number of urea groups is 1. The van der Waals surface area contributed by atoms with E-state index in [1.54, 1.807) is 0 Å². The fourth-order valence-corrected chi connectivity index (χ4v) is 4.56. The molecule has 1 aromatic heterocycles. The number of rotatable bonds is 7. The average molecular weight is 460 g/mol. The maximum absolute atomic E-state index is 12.7.